The third-order valence-corrected chi connectivity index (χ3v) is 4.09. The van der Waals surface area contributed by atoms with Gasteiger partial charge in [0.2, 0.25) is 0 Å². The Morgan fingerprint density at radius 1 is 1.26 bits per heavy atom. The highest BCUT2D eigenvalue weighted by atomic mass is 16.8. The Balaban J connectivity index is 1.75. The van der Waals surface area contributed by atoms with Crippen LogP contribution in [-0.4, -0.2) is 42.1 Å². The average Bonchev–Trinajstić information content (AvgIpc) is 2.86. The van der Waals surface area contributed by atoms with E-state index in [2.05, 4.69) is 6.07 Å². The lowest BCUT2D eigenvalue weighted by Crippen LogP contribution is -2.54. The summed E-state index contributed by atoms with van der Waals surface area (Å²) in [4.78, 5) is 0. The van der Waals surface area contributed by atoms with Gasteiger partial charge in [0.25, 0.3) is 0 Å². The van der Waals surface area contributed by atoms with E-state index >= 15 is 0 Å². The van der Waals surface area contributed by atoms with Gasteiger partial charge in [0.15, 0.2) is 12.1 Å². The highest BCUT2D eigenvalue weighted by molar-refractivity contribution is 5.14. The molecule has 1 N–H and O–H groups in total. The number of nitriles is 1. The lowest BCUT2D eigenvalue weighted by Gasteiger charge is -2.39. The van der Waals surface area contributed by atoms with Crippen LogP contribution in [0.4, 0.5) is 0 Å². The summed E-state index contributed by atoms with van der Waals surface area (Å²) < 4.78 is 23.1. The van der Waals surface area contributed by atoms with Gasteiger partial charge in [0.1, 0.15) is 24.2 Å². The summed E-state index contributed by atoms with van der Waals surface area (Å²) in [6.45, 7) is 3.64. The normalized spacial score (nSPS) is 35.5. The van der Waals surface area contributed by atoms with Gasteiger partial charge < -0.3 is 24.1 Å². The van der Waals surface area contributed by atoms with Crippen LogP contribution in [0.25, 0.3) is 0 Å². The number of nitrogens with zero attached hydrogens (tertiary/aromatic N) is 1. The fourth-order valence-electron chi connectivity index (χ4n) is 3.05. The molecule has 0 aromatic heterocycles. The molecular formula is C17H21NO5. The van der Waals surface area contributed by atoms with Gasteiger partial charge in [0, 0.05) is 0 Å². The van der Waals surface area contributed by atoms with Gasteiger partial charge in [-0.1, -0.05) is 30.3 Å². The number of rotatable bonds is 4. The van der Waals surface area contributed by atoms with Crippen LogP contribution in [0, 0.1) is 17.2 Å². The first kappa shape index (κ1) is 16.4. The van der Waals surface area contributed by atoms with Crippen LogP contribution in [0.1, 0.15) is 19.4 Å². The van der Waals surface area contributed by atoms with E-state index in [1.54, 1.807) is 13.8 Å². The van der Waals surface area contributed by atoms with Crippen molar-refractivity contribution in [3.63, 3.8) is 0 Å². The summed E-state index contributed by atoms with van der Waals surface area (Å²) in [7, 11) is 0. The molecule has 124 valence electrons. The van der Waals surface area contributed by atoms with Crippen molar-refractivity contribution in [3.8, 4) is 6.07 Å². The van der Waals surface area contributed by atoms with E-state index in [1.165, 1.54) is 0 Å². The van der Waals surface area contributed by atoms with Crippen molar-refractivity contribution in [2.75, 3.05) is 6.61 Å². The lowest BCUT2D eigenvalue weighted by molar-refractivity contribution is -0.250. The molecule has 2 heterocycles. The summed E-state index contributed by atoms with van der Waals surface area (Å²) in [6.07, 6.45) is -2.40. The minimum absolute atomic E-state index is 0.245. The molecule has 5 atom stereocenters. The maximum atomic E-state index is 9.61. The quantitative estimate of drug-likeness (QED) is 0.907. The number of aliphatic hydroxyl groups excluding tert-OH is 1. The molecule has 2 aliphatic heterocycles. The van der Waals surface area contributed by atoms with E-state index in [9.17, 15) is 10.4 Å². The maximum absolute atomic E-state index is 9.61. The standard InChI is InChI=1S/C17H21NO5/c1-17(2)22-15-12(8-18)14(13(9-19)21-16(15)23-17)20-10-11-6-4-3-5-7-11/h3-7,12-16,19H,9-10H2,1-2H3/t12-,13+,14+,15+,16+/m0/s1. The first-order valence-corrected chi connectivity index (χ1v) is 7.71. The van der Waals surface area contributed by atoms with Crippen LogP contribution in [-0.2, 0) is 25.6 Å². The first-order valence-electron chi connectivity index (χ1n) is 7.71. The Bertz CT molecular complexity index is 570. The molecule has 2 aliphatic rings. The molecular weight excluding hydrogens is 298 g/mol. The van der Waals surface area contributed by atoms with E-state index in [4.69, 9.17) is 18.9 Å². The predicted octanol–water partition coefficient (Wildman–Crippen LogP) is 1.58. The Morgan fingerprint density at radius 2 is 2.00 bits per heavy atom. The number of ether oxygens (including phenoxy) is 4. The first-order chi connectivity index (χ1) is 11.0. The zero-order chi connectivity index (χ0) is 16.4. The van der Waals surface area contributed by atoms with Crippen molar-refractivity contribution in [2.45, 2.75) is 50.8 Å². The van der Waals surface area contributed by atoms with Crippen LogP contribution in [0.5, 0.6) is 0 Å². The van der Waals surface area contributed by atoms with Crippen LogP contribution in [0.15, 0.2) is 30.3 Å². The van der Waals surface area contributed by atoms with Crippen LogP contribution in [0.2, 0.25) is 0 Å². The maximum Gasteiger partial charge on any atom is 0.189 e. The Morgan fingerprint density at radius 3 is 2.65 bits per heavy atom. The largest absolute Gasteiger partial charge is 0.394 e. The average molecular weight is 319 g/mol. The molecule has 2 saturated heterocycles. The number of hydrogen-bond donors (Lipinski definition) is 1. The molecule has 1 aromatic rings. The topological polar surface area (TPSA) is 80.9 Å². The summed E-state index contributed by atoms with van der Waals surface area (Å²) >= 11 is 0. The summed E-state index contributed by atoms with van der Waals surface area (Å²) in [5, 5.41) is 19.2. The smallest absolute Gasteiger partial charge is 0.189 e. The molecule has 0 aliphatic carbocycles. The number of benzene rings is 1. The molecule has 0 unspecified atom stereocenters. The fraction of sp³-hybridized carbons (Fsp3) is 0.588. The van der Waals surface area contributed by atoms with Crippen LogP contribution >= 0.6 is 0 Å². The molecule has 0 saturated carbocycles. The van der Waals surface area contributed by atoms with Crippen molar-refractivity contribution in [2.24, 2.45) is 5.92 Å². The zero-order valence-corrected chi connectivity index (χ0v) is 13.2. The molecule has 2 fully saturated rings. The highest BCUT2D eigenvalue weighted by Gasteiger charge is 2.55. The number of hydrogen-bond acceptors (Lipinski definition) is 6. The summed E-state index contributed by atoms with van der Waals surface area (Å²) in [5.74, 6) is -1.39. The molecule has 6 heteroatoms. The molecule has 0 radical (unpaired) electrons. The third-order valence-electron chi connectivity index (χ3n) is 4.09. The van der Waals surface area contributed by atoms with Crippen molar-refractivity contribution >= 4 is 0 Å². The molecule has 0 bridgehead atoms. The monoisotopic (exact) mass is 319 g/mol. The van der Waals surface area contributed by atoms with Crippen molar-refractivity contribution in [1.82, 2.24) is 0 Å². The molecule has 6 nitrogen and oxygen atoms in total. The van der Waals surface area contributed by atoms with Gasteiger partial charge in [-0.05, 0) is 19.4 Å². The fourth-order valence-corrected chi connectivity index (χ4v) is 3.05. The van der Waals surface area contributed by atoms with Gasteiger partial charge in [-0.2, -0.15) is 5.26 Å². The van der Waals surface area contributed by atoms with Crippen LogP contribution in [0.3, 0.4) is 0 Å². The van der Waals surface area contributed by atoms with E-state index in [1.807, 2.05) is 30.3 Å². The summed E-state index contributed by atoms with van der Waals surface area (Å²) in [5.41, 5.74) is 0.993. The number of aliphatic hydroxyl groups is 1. The van der Waals surface area contributed by atoms with Crippen molar-refractivity contribution < 1.29 is 24.1 Å². The van der Waals surface area contributed by atoms with E-state index in [-0.39, 0.29) is 6.61 Å². The lowest BCUT2D eigenvalue weighted by atomic mass is 9.90. The Kier molecular flexibility index (Phi) is 4.67. The predicted molar refractivity (Wildman–Crippen MR) is 79.9 cm³/mol. The van der Waals surface area contributed by atoms with Gasteiger partial charge >= 0.3 is 0 Å². The van der Waals surface area contributed by atoms with Gasteiger partial charge in [-0.15, -0.1) is 0 Å². The van der Waals surface area contributed by atoms with E-state index < -0.39 is 36.3 Å². The Hall–Kier alpha value is -1.49. The highest BCUT2D eigenvalue weighted by Crippen LogP contribution is 2.40. The number of fused-ring (bicyclic) bond motifs is 1. The molecule has 0 spiro atoms. The second-order valence-corrected chi connectivity index (χ2v) is 6.24. The van der Waals surface area contributed by atoms with Crippen molar-refractivity contribution in [3.05, 3.63) is 35.9 Å². The van der Waals surface area contributed by atoms with E-state index in [0.29, 0.717) is 6.61 Å². The minimum atomic E-state index is -0.821. The summed E-state index contributed by atoms with van der Waals surface area (Å²) in [6, 6.07) is 11.9. The second-order valence-electron chi connectivity index (χ2n) is 6.24. The van der Waals surface area contributed by atoms with Crippen molar-refractivity contribution in [1.29, 1.82) is 5.26 Å². The van der Waals surface area contributed by atoms with Gasteiger partial charge in [0.05, 0.1) is 19.3 Å². The second kappa shape index (κ2) is 6.56. The molecule has 1 aromatic carbocycles. The minimum Gasteiger partial charge on any atom is -0.394 e. The van der Waals surface area contributed by atoms with E-state index in [0.717, 1.165) is 5.56 Å². The molecule has 23 heavy (non-hydrogen) atoms. The molecule has 0 amide bonds. The zero-order valence-electron chi connectivity index (χ0n) is 13.2. The Labute approximate surface area is 135 Å². The van der Waals surface area contributed by atoms with Crippen LogP contribution < -0.4 is 0 Å². The molecule has 3 rings (SSSR count). The SMILES string of the molecule is CC1(C)O[C@H]2O[C@H](CO)[C@H](OCc3ccccc3)[C@H](C#N)[C@H]2O1. The third kappa shape index (κ3) is 3.39. The van der Waals surface area contributed by atoms with Gasteiger partial charge in [-0.25, -0.2) is 0 Å². The van der Waals surface area contributed by atoms with Gasteiger partial charge in [-0.3, -0.25) is 0 Å².